The Kier molecular flexibility index (Phi) is 5.76. The minimum absolute atomic E-state index is 0.0502. The van der Waals surface area contributed by atoms with Gasteiger partial charge in [-0.2, -0.15) is 0 Å². The number of aryl methyl sites for hydroxylation is 2. The van der Waals surface area contributed by atoms with Crippen LogP contribution in [0.2, 0.25) is 0 Å². The zero-order chi connectivity index (χ0) is 17.8. The quantitative estimate of drug-likeness (QED) is 0.909. The maximum absolute atomic E-state index is 12.9. The second kappa shape index (κ2) is 8.02. The Morgan fingerprint density at radius 2 is 1.96 bits per heavy atom. The zero-order valence-electron chi connectivity index (χ0n) is 15.3. The first-order valence-corrected chi connectivity index (χ1v) is 9.65. The van der Waals surface area contributed by atoms with Crippen molar-refractivity contribution in [3.63, 3.8) is 0 Å². The van der Waals surface area contributed by atoms with Gasteiger partial charge < -0.3 is 14.7 Å². The normalized spacial score (nSPS) is 22.0. The standard InChI is InChI=1S/C19H29N3O3/c1-3-16-17(13(2)25-21-16)19(24)22-11-7-8-14(12-22)18(23)20-15-9-5-4-6-10-15/h14-15H,3-12H2,1-2H3,(H,20,23). The van der Waals surface area contributed by atoms with Crippen molar-refractivity contribution < 1.29 is 14.1 Å². The van der Waals surface area contributed by atoms with E-state index in [1.165, 1.54) is 19.3 Å². The Bertz CT molecular complexity index is 619. The van der Waals surface area contributed by atoms with Crippen molar-refractivity contribution in [2.24, 2.45) is 5.92 Å². The maximum Gasteiger partial charge on any atom is 0.259 e. The van der Waals surface area contributed by atoms with Gasteiger partial charge in [0.2, 0.25) is 5.91 Å². The van der Waals surface area contributed by atoms with Crippen molar-refractivity contribution in [1.82, 2.24) is 15.4 Å². The van der Waals surface area contributed by atoms with Crippen LogP contribution in [-0.2, 0) is 11.2 Å². The van der Waals surface area contributed by atoms with Gasteiger partial charge in [0.1, 0.15) is 11.3 Å². The van der Waals surface area contributed by atoms with E-state index in [1.54, 1.807) is 11.8 Å². The molecule has 3 rings (SSSR count). The number of piperidine rings is 1. The molecule has 0 radical (unpaired) electrons. The van der Waals surface area contributed by atoms with E-state index in [9.17, 15) is 9.59 Å². The number of carbonyl (C=O) groups excluding carboxylic acids is 2. The second-order valence-electron chi connectivity index (χ2n) is 7.35. The lowest BCUT2D eigenvalue weighted by Gasteiger charge is -2.33. The number of likely N-dealkylation sites (tertiary alicyclic amines) is 1. The molecule has 1 aliphatic heterocycles. The van der Waals surface area contributed by atoms with Crippen LogP contribution in [0.1, 0.15) is 73.7 Å². The van der Waals surface area contributed by atoms with Crippen LogP contribution in [0.15, 0.2) is 4.52 Å². The third-order valence-corrected chi connectivity index (χ3v) is 5.51. The van der Waals surface area contributed by atoms with Gasteiger partial charge in [0.15, 0.2) is 0 Å². The van der Waals surface area contributed by atoms with Gasteiger partial charge in [-0.25, -0.2) is 0 Å². The van der Waals surface area contributed by atoms with Crippen LogP contribution in [0.4, 0.5) is 0 Å². The highest BCUT2D eigenvalue weighted by Gasteiger charge is 2.32. The predicted molar refractivity (Wildman–Crippen MR) is 94.3 cm³/mol. The molecule has 1 atom stereocenters. The Labute approximate surface area is 149 Å². The highest BCUT2D eigenvalue weighted by atomic mass is 16.5. The van der Waals surface area contributed by atoms with Gasteiger partial charge in [0, 0.05) is 19.1 Å². The topological polar surface area (TPSA) is 75.4 Å². The first kappa shape index (κ1) is 18.0. The van der Waals surface area contributed by atoms with Gasteiger partial charge in [-0.1, -0.05) is 31.3 Å². The van der Waals surface area contributed by atoms with Crippen LogP contribution in [-0.4, -0.2) is 41.0 Å². The van der Waals surface area contributed by atoms with Crippen LogP contribution >= 0.6 is 0 Å². The lowest BCUT2D eigenvalue weighted by atomic mass is 9.92. The average molecular weight is 347 g/mol. The second-order valence-corrected chi connectivity index (χ2v) is 7.35. The smallest absolute Gasteiger partial charge is 0.259 e. The maximum atomic E-state index is 12.9. The summed E-state index contributed by atoms with van der Waals surface area (Å²) in [7, 11) is 0. The van der Waals surface area contributed by atoms with E-state index < -0.39 is 0 Å². The van der Waals surface area contributed by atoms with Gasteiger partial charge >= 0.3 is 0 Å². The first-order valence-electron chi connectivity index (χ1n) is 9.65. The van der Waals surface area contributed by atoms with Crippen LogP contribution in [0, 0.1) is 12.8 Å². The number of hydrogen-bond donors (Lipinski definition) is 1. The molecule has 1 aromatic rings. The number of rotatable bonds is 4. The van der Waals surface area contributed by atoms with Crippen LogP contribution in [0.25, 0.3) is 0 Å². The molecule has 0 bridgehead atoms. The monoisotopic (exact) mass is 347 g/mol. The van der Waals surface area contributed by atoms with Crippen molar-refractivity contribution >= 4 is 11.8 Å². The highest BCUT2D eigenvalue weighted by Crippen LogP contribution is 2.23. The molecular weight excluding hydrogens is 318 g/mol. The molecule has 1 aromatic heterocycles. The average Bonchev–Trinajstić information content (AvgIpc) is 3.02. The van der Waals surface area contributed by atoms with Crippen molar-refractivity contribution in [3.8, 4) is 0 Å². The van der Waals surface area contributed by atoms with Gasteiger partial charge in [0.25, 0.3) is 5.91 Å². The third-order valence-electron chi connectivity index (χ3n) is 5.51. The van der Waals surface area contributed by atoms with E-state index in [-0.39, 0.29) is 17.7 Å². The van der Waals surface area contributed by atoms with Gasteiger partial charge in [-0.3, -0.25) is 9.59 Å². The summed E-state index contributed by atoms with van der Waals surface area (Å²) in [6, 6.07) is 0.319. The molecule has 138 valence electrons. The van der Waals surface area contributed by atoms with E-state index >= 15 is 0 Å². The lowest BCUT2D eigenvalue weighted by Crippen LogP contribution is -2.48. The van der Waals surface area contributed by atoms with E-state index in [2.05, 4.69) is 10.5 Å². The molecule has 0 aromatic carbocycles. The Morgan fingerprint density at radius 1 is 1.20 bits per heavy atom. The number of amides is 2. The minimum Gasteiger partial charge on any atom is -0.361 e. The Hall–Kier alpha value is -1.85. The molecule has 2 fully saturated rings. The molecule has 2 aliphatic rings. The molecule has 0 spiro atoms. The molecule has 1 unspecified atom stereocenters. The summed E-state index contributed by atoms with van der Waals surface area (Å²) in [5.41, 5.74) is 1.28. The number of nitrogens with zero attached hydrogens (tertiary/aromatic N) is 2. The van der Waals surface area contributed by atoms with Crippen molar-refractivity contribution in [1.29, 1.82) is 0 Å². The minimum atomic E-state index is -0.107. The van der Waals surface area contributed by atoms with Gasteiger partial charge in [-0.05, 0) is 39.0 Å². The largest absolute Gasteiger partial charge is 0.361 e. The first-order chi connectivity index (χ1) is 12.1. The van der Waals surface area contributed by atoms with E-state index in [0.29, 0.717) is 42.6 Å². The summed E-state index contributed by atoms with van der Waals surface area (Å²) in [6.07, 6.45) is 8.22. The number of nitrogens with one attached hydrogen (secondary N) is 1. The van der Waals surface area contributed by atoms with Crippen LogP contribution in [0.5, 0.6) is 0 Å². The number of carbonyl (C=O) groups is 2. The molecule has 25 heavy (non-hydrogen) atoms. The molecule has 1 aliphatic carbocycles. The van der Waals surface area contributed by atoms with Crippen LogP contribution in [0.3, 0.4) is 0 Å². The Balaban J connectivity index is 1.63. The molecule has 6 nitrogen and oxygen atoms in total. The fourth-order valence-electron chi connectivity index (χ4n) is 4.03. The summed E-state index contributed by atoms with van der Waals surface area (Å²) in [5.74, 6) is 0.522. The molecule has 1 saturated heterocycles. The summed E-state index contributed by atoms with van der Waals surface area (Å²) in [6.45, 7) is 4.92. The van der Waals surface area contributed by atoms with Crippen molar-refractivity contribution in [3.05, 3.63) is 17.0 Å². The van der Waals surface area contributed by atoms with Gasteiger partial charge in [0.05, 0.1) is 11.6 Å². The molecule has 1 saturated carbocycles. The summed E-state index contributed by atoms with van der Waals surface area (Å²) < 4.78 is 5.20. The van der Waals surface area contributed by atoms with Crippen LogP contribution < -0.4 is 5.32 Å². The fourth-order valence-corrected chi connectivity index (χ4v) is 4.03. The number of hydrogen-bond acceptors (Lipinski definition) is 4. The summed E-state index contributed by atoms with van der Waals surface area (Å²) in [4.78, 5) is 27.3. The third kappa shape index (κ3) is 4.05. The lowest BCUT2D eigenvalue weighted by molar-refractivity contribution is -0.127. The van der Waals surface area contributed by atoms with E-state index in [4.69, 9.17) is 4.52 Å². The summed E-state index contributed by atoms with van der Waals surface area (Å²) >= 11 is 0. The molecule has 1 N–H and O–H groups in total. The van der Waals surface area contributed by atoms with E-state index in [0.717, 1.165) is 25.7 Å². The fraction of sp³-hybridized carbons (Fsp3) is 0.737. The predicted octanol–water partition coefficient (Wildman–Crippen LogP) is 2.85. The molecular formula is C19H29N3O3. The highest BCUT2D eigenvalue weighted by molar-refractivity contribution is 5.96. The van der Waals surface area contributed by atoms with Gasteiger partial charge in [-0.15, -0.1) is 0 Å². The SMILES string of the molecule is CCc1noc(C)c1C(=O)N1CCCC(C(=O)NC2CCCCC2)C1. The van der Waals surface area contributed by atoms with Crippen molar-refractivity contribution in [2.75, 3.05) is 13.1 Å². The van der Waals surface area contributed by atoms with Crippen molar-refractivity contribution in [2.45, 2.75) is 71.3 Å². The molecule has 2 heterocycles. The molecule has 2 amide bonds. The molecule has 6 heteroatoms. The Morgan fingerprint density at radius 3 is 2.68 bits per heavy atom. The summed E-state index contributed by atoms with van der Waals surface area (Å²) in [5, 5.41) is 7.19. The number of aromatic nitrogens is 1. The van der Waals surface area contributed by atoms with E-state index in [1.807, 2.05) is 6.92 Å². The zero-order valence-corrected chi connectivity index (χ0v) is 15.3.